The van der Waals surface area contributed by atoms with Crippen molar-refractivity contribution in [2.45, 2.75) is 46.8 Å². The van der Waals surface area contributed by atoms with Crippen LogP contribution in [0.2, 0.25) is 0 Å². The molecule has 0 radical (unpaired) electrons. The predicted molar refractivity (Wildman–Crippen MR) is 100 cm³/mol. The Morgan fingerprint density at radius 1 is 1.00 bits per heavy atom. The molecule has 2 aromatic carbocycles. The summed E-state index contributed by atoms with van der Waals surface area (Å²) in [7, 11) is 0. The molecular formula is C21H27NO3. The van der Waals surface area contributed by atoms with Crippen molar-refractivity contribution in [2.24, 2.45) is 0 Å². The van der Waals surface area contributed by atoms with Crippen molar-refractivity contribution in [3.05, 3.63) is 59.2 Å². The highest BCUT2D eigenvalue weighted by Gasteiger charge is 2.18. The van der Waals surface area contributed by atoms with E-state index in [4.69, 9.17) is 9.47 Å². The van der Waals surface area contributed by atoms with Crippen LogP contribution in [-0.2, 0) is 4.79 Å². The van der Waals surface area contributed by atoms with Gasteiger partial charge in [-0.15, -0.1) is 0 Å². The molecule has 134 valence electrons. The van der Waals surface area contributed by atoms with Gasteiger partial charge in [0.05, 0.1) is 6.04 Å². The molecule has 4 heteroatoms. The van der Waals surface area contributed by atoms with Crippen LogP contribution in [0.4, 0.5) is 0 Å². The maximum atomic E-state index is 12.3. The number of hydrogen-bond acceptors (Lipinski definition) is 3. The summed E-state index contributed by atoms with van der Waals surface area (Å²) in [6.45, 7) is 10.1. The van der Waals surface area contributed by atoms with Gasteiger partial charge in [0.1, 0.15) is 18.1 Å². The molecule has 2 unspecified atom stereocenters. The lowest BCUT2D eigenvalue weighted by Crippen LogP contribution is -2.43. The molecule has 25 heavy (non-hydrogen) atoms. The number of carbonyl (C=O) groups excluding carboxylic acids is 1. The van der Waals surface area contributed by atoms with Crippen molar-refractivity contribution < 1.29 is 14.3 Å². The standard InChI is InChI=1S/C21H27NO3/c1-14-7-10-19(11-8-14)24-13-17(4)22-21(23)18(5)25-20-12-15(2)6-9-16(20)3/h6-12,17-18H,13H2,1-5H3,(H,22,23). The molecule has 0 fully saturated rings. The zero-order chi connectivity index (χ0) is 18.4. The van der Waals surface area contributed by atoms with E-state index in [1.165, 1.54) is 5.56 Å². The van der Waals surface area contributed by atoms with E-state index in [1.54, 1.807) is 6.92 Å². The fourth-order valence-electron chi connectivity index (χ4n) is 2.34. The normalized spacial score (nSPS) is 13.0. The van der Waals surface area contributed by atoms with Gasteiger partial charge in [-0.3, -0.25) is 4.79 Å². The Kier molecular flexibility index (Phi) is 6.45. The maximum Gasteiger partial charge on any atom is 0.261 e. The predicted octanol–water partition coefficient (Wildman–Crippen LogP) is 3.96. The smallest absolute Gasteiger partial charge is 0.261 e. The summed E-state index contributed by atoms with van der Waals surface area (Å²) >= 11 is 0. The van der Waals surface area contributed by atoms with Crippen LogP contribution in [0, 0.1) is 20.8 Å². The monoisotopic (exact) mass is 341 g/mol. The first kappa shape index (κ1) is 18.8. The Hall–Kier alpha value is -2.49. The number of nitrogens with one attached hydrogen (secondary N) is 1. The summed E-state index contributed by atoms with van der Waals surface area (Å²) in [6, 6.07) is 13.7. The molecule has 1 amide bonds. The summed E-state index contributed by atoms with van der Waals surface area (Å²) in [5, 5.41) is 2.93. The van der Waals surface area contributed by atoms with Crippen molar-refractivity contribution >= 4 is 5.91 Å². The molecule has 2 rings (SSSR count). The van der Waals surface area contributed by atoms with E-state index in [-0.39, 0.29) is 11.9 Å². The van der Waals surface area contributed by atoms with Gasteiger partial charge in [-0.1, -0.05) is 29.8 Å². The molecule has 0 saturated carbocycles. The highest BCUT2D eigenvalue weighted by molar-refractivity contribution is 5.81. The third-order valence-corrected chi connectivity index (χ3v) is 3.93. The van der Waals surface area contributed by atoms with Crippen LogP contribution < -0.4 is 14.8 Å². The van der Waals surface area contributed by atoms with Gasteiger partial charge in [0, 0.05) is 0 Å². The molecule has 0 aliphatic carbocycles. The number of amides is 1. The molecule has 0 bridgehead atoms. The third kappa shape index (κ3) is 5.82. The summed E-state index contributed by atoms with van der Waals surface area (Å²) < 4.78 is 11.5. The number of carbonyl (C=O) groups is 1. The van der Waals surface area contributed by atoms with Gasteiger partial charge in [-0.05, 0) is 63.9 Å². The average Bonchev–Trinajstić information content (AvgIpc) is 2.57. The molecule has 0 aliphatic rings. The fourth-order valence-corrected chi connectivity index (χ4v) is 2.34. The van der Waals surface area contributed by atoms with Crippen molar-refractivity contribution in [2.75, 3.05) is 6.61 Å². The number of benzene rings is 2. The highest BCUT2D eigenvalue weighted by atomic mass is 16.5. The second-order valence-electron chi connectivity index (χ2n) is 6.56. The quantitative estimate of drug-likeness (QED) is 0.829. The minimum absolute atomic E-state index is 0.113. The molecular weight excluding hydrogens is 314 g/mol. The largest absolute Gasteiger partial charge is 0.491 e. The van der Waals surface area contributed by atoms with Crippen LogP contribution in [0.1, 0.15) is 30.5 Å². The first-order valence-corrected chi connectivity index (χ1v) is 8.59. The lowest BCUT2D eigenvalue weighted by atomic mass is 10.1. The van der Waals surface area contributed by atoms with Gasteiger partial charge in [-0.2, -0.15) is 0 Å². The highest BCUT2D eigenvalue weighted by Crippen LogP contribution is 2.20. The molecule has 0 spiro atoms. The van der Waals surface area contributed by atoms with E-state index in [0.29, 0.717) is 6.61 Å². The van der Waals surface area contributed by atoms with Crippen molar-refractivity contribution in [3.63, 3.8) is 0 Å². The Morgan fingerprint density at radius 3 is 2.32 bits per heavy atom. The Bertz CT molecular complexity index is 710. The molecule has 1 N–H and O–H groups in total. The van der Waals surface area contributed by atoms with Gasteiger partial charge < -0.3 is 14.8 Å². The van der Waals surface area contributed by atoms with Gasteiger partial charge in [0.15, 0.2) is 6.10 Å². The van der Waals surface area contributed by atoms with E-state index in [2.05, 4.69) is 5.32 Å². The molecule has 0 aromatic heterocycles. The molecule has 0 aliphatic heterocycles. The second kappa shape index (κ2) is 8.56. The van der Waals surface area contributed by atoms with Crippen LogP contribution in [0.15, 0.2) is 42.5 Å². The Morgan fingerprint density at radius 2 is 1.64 bits per heavy atom. The van der Waals surface area contributed by atoms with Crippen LogP contribution in [0.5, 0.6) is 11.5 Å². The van der Waals surface area contributed by atoms with Gasteiger partial charge in [0.25, 0.3) is 5.91 Å². The van der Waals surface area contributed by atoms with Crippen LogP contribution in [-0.4, -0.2) is 24.7 Å². The van der Waals surface area contributed by atoms with Crippen molar-refractivity contribution in [3.8, 4) is 11.5 Å². The van der Waals surface area contributed by atoms with Crippen LogP contribution in [0.3, 0.4) is 0 Å². The summed E-state index contributed by atoms with van der Waals surface area (Å²) in [5.74, 6) is 1.39. The number of hydrogen-bond donors (Lipinski definition) is 1. The zero-order valence-corrected chi connectivity index (χ0v) is 15.6. The first-order chi connectivity index (χ1) is 11.8. The molecule has 2 aromatic rings. The van der Waals surface area contributed by atoms with Crippen molar-refractivity contribution in [1.82, 2.24) is 5.32 Å². The van der Waals surface area contributed by atoms with Crippen LogP contribution >= 0.6 is 0 Å². The summed E-state index contributed by atoms with van der Waals surface area (Å²) in [4.78, 5) is 12.3. The van der Waals surface area contributed by atoms with E-state index >= 15 is 0 Å². The zero-order valence-electron chi connectivity index (χ0n) is 15.6. The van der Waals surface area contributed by atoms with Gasteiger partial charge >= 0.3 is 0 Å². The Labute approximate surface area is 150 Å². The van der Waals surface area contributed by atoms with E-state index in [9.17, 15) is 4.79 Å². The first-order valence-electron chi connectivity index (χ1n) is 8.59. The molecule has 2 atom stereocenters. The lowest BCUT2D eigenvalue weighted by molar-refractivity contribution is -0.128. The minimum atomic E-state index is -0.567. The van der Waals surface area contributed by atoms with E-state index < -0.39 is 6.10 Å². The minimum Gasteiger partial charge on any atom is -0.491 e. The Balaban J connectivity index is 1.83. The molecule has 0 heterocycles. The van der Waals surface area contributed by atoms with Crippen molar-refractivity contribution in [1.29, 1.82) is 0 Å². The molecule has 0 saturated heterocycles. The second-order valence-corrected chi connectivity index (χ2v) is 6.56. The number of ether oxygens (including phenoxy) is 2. The topological polar surface area (TPSA) is 47.6 Å². The third-order valence-electron chi connectivity index (χ3n) is 3.93. The van der Waals surface area contributed by atoms with Gasteiger partial charge in [-0.25, -0.2) is 0 Å². The fraction of sp³-hybridized carbons (Fsp3) is 0.381. The van der Waals surface area contributed by atoms with Gasteiger partial charge in [0.2, 0.25) is 0 Å². The van der Waals surface area contributed by atoms with Crippen LogP contribution in [0.25, 0.3) is 0 Å². The lowest BCUT2D eigenvalue weighted by Gasteiger charge is -2.20. The summed E-state index contributed by atoms with van der Waals surface area (Å²) in [6.07, 6.45) is -0.567. The number of rotatable bonds is 7. The summed E-state index contributed by atoms with van der Waals surface area (Å²) in [5.41, 5.74) is 3.31. The SMILES string of the molecule is Cc1ccc(OCC(C)NC(=O)C(C)Oc2cc(C)ccc2C)cc1. The maximum absolute atomic E-state index is 12.3. The van der Waals surface area contributed by atoms with E-state index in [1.807, 2.05) is 70.2 Å². The van der Waals surface area contributed by atoms with E-state index in [0.717, 1.165) is 22.6 Å². The average molecular weight is 341 g/mol. The number of aryl methyl sites for hydroxylation is 3. The molecule has 4 nitrogen and oxygen atoms in total.